The summed E-state index contributed by atoms with van der Waals surface area (Å²) in [5.74, 6) is 0.466. The van der Waals surface area contributed by atoms with E-state index in [4.69, 9.17) is 11.6 Å². The third-order valence-electron chi connectivity index (χ3n) is 4.86. The lowest BCUT2D eigenvalue weighted by Gasteiger charge is -2.15. The Morgan fingerprint density at radius 3 is 2.70 bits per heavy atom. The van der Waals surface area contributed by atoms with Gasteiger partial charge >= 0.3 is 0 Å². The highest BCUT2D eigenvalue weighted by molar-refractivity contribution is 6.30. The van der Waals surface area contributed by atoms with Crippen LogP contribution >= 0.6 is 11.6 Å². The minimum Gasteiger partial charge on any atom is -0.387 e. The van der Waals surface area contributed by atoms with Crippen molar-refractivity contribution in [1.82, 2.24) is 15.0 Å². The number of aliphatic hydroxyl groups is 1. The number of hydrogen-bond donors (Lipinski definition) is 4. The van der Waals surface area contributed by atoms with Crippen LogP contribution in [0.5, 0.6) is 0 Å². The second kappa shape index (κ2) is 8.57. The Bertz CT molecular complexity index is 1220. The van der Waals surface area contributed by atoms with Crippen molar-refractivity contribution in [2.45, 2.75) is 13.0 Å². The Morgan fingerprint density at radius 2 is 1.93 bits per heavy atom. The lowest BCUT2D eigenvalue weighted by Crippen LogP contribution is -2.17. The number of aliphatic hydroxyl groups excluding tert-OH is 1. The Hall–Kier alpha value is -3.35. The van der Waals surface area contributed by atoms with Crippen molar-refractivity contribution in [1.29, 1.82) is 0 Å². The highest BCUT2D eigenvalue weighted by Crippen LogP contribution is 2.28. The first-order valence-electron chi connectivity index (χ1n) is 9.54. The molecule has 0 saturated heterocycles. The fourth-order valence-corrected chi connectivity index (χ4v) is 3.56. The van der Waals surface area contributed by atoms with Crippen molar-refractivity contribution in [3.63, 3.8) is 0 Å². The molecule has 0 fully saturated rings. The Morgan fingerprint density at radius 1 is 1.13 bits per heavy atom. The molecule has 4 aromatic rings. The quantitative estimate of drug-likeness (QED) is 0.368. The summed E-state index contributed by atoms with van der Waals surface area (Å²) in [5, 5.41) is 14.2. The van der Waals surface area contributed by atoms with Crippen molar-refractivity contribution in [2.75, 3.05) is 11.9 Å². The van der Waals surface area contributed by atoms with Crippen molar-refractivity contribution < 1.29 is 5.11 Å². The first-order valence-corrected chi connectivity index (χ1v) is 9.92. The fourth-order valence-electron chi connectivity index (χ4n) is 3.36. The number of hydrogen-bond acceptors (Lipinski definition) is 4. The van der Waals surface area contributed by atoms with Crippen LogP contribution in [0.3, 0.4) is 0 Å². The molecule has 0 spiro atoms. The number of benzene rings is 2. The molecule has 0 aliphatic heterocycles. The van der Waals surface area contributed by atoms with Crippen LogP contribution in [-0.2, 0) is 0 Å². The van der Waals surface area contributed by atoms with E-state index in [0.29, 0.717) is 27.7 Å². The van der Waals surface area contributed by atoms with Crippen LogP contribution in [-0.4, -0.2) is 26.6 Å². The van der Waals surface area contributed by atoms with Gasteiger partial charge in [-0.3, -0.25) is 4.79 Å². The molecule has 0 aliphatic carbocycles. The molecule has 0 amide bonds. The van der Waals surface area contributed by atoms with Gasteiger partial charge in [-0.25, -0.2) is 4.98 Å². The van der Waals surface area contributed by atoms with E-state index in [1.165, 1.54) is 0 Å². The molecule has 4 rings (SSSR count). The normalized spacial score (nSPS) is 12.0. The maximum atomic E-state index is 12.6. The van der Waals surface area contributed by atoms with E-state index in [-0.39, 0.29) is 12.1 Å². The minimum atomic E-state index is -0.783. The zero-order valence-electron chi connectivity index (χ0n) is 16.3. The average Bonchev–Trinajstić information content (AvgIpc) is 3.13. The first-order chi connectivity index (χ1) is 14.5. The van der Waals surface area contributed by atoms with E-state index < -0.39 is 6.10 Å². The van der Waals surface area contributed by atoms with Crippen molar-refractivity contribution in [3.8, 4) is 22.6 Å². The highest BCUT2D eigenvalue weighted by atomic mass is 35.5. The Labute approximate surface area is 178 Å². The first kappa shape index (κ1) is 19.9. The number of anilines is 1. The minimum absolute atomic E-state index is 0.210. The predicted octanol–water partition coefficient (Wildman–Crippen LogP) is 4.54. The van der Waals surface area contributed by atoms with Crippen LogP contribution in [0.4, 0.5) is 5.69 Å². The zero-order valence-corrected chi connectivity index (χ0v) is 17.1. The van der Waals surface area contributed by atoms with Crippen molar-refractivity contribution >= 4 is 17.3 Å². The molecule has 2 aromatic carbocycles. The second-order valence-electron chi connectivity index (χ2n) is 6.96. The third-order valence-corrected chi connectivity index (χ3v) is 5.10. The number of aromatic nitrogens is 3. The molecule has 4 N–H and O–H groups in total. The van der Waals surface area contributed by atoms with Gasteiger partial charge in [-0.2, -0.15) is 0 Å². The molecule has 30 heavy (non-hydrogen) atoms. The summed E-state index contributed by atoms with van der Waals surface area (Å²) in [6, 6.07) is 18.6. The highest BCUT2D eigenvalue weighted by Gasteiger charge is 2.17. The molecule has 0 unspecified atom stereocenters. The number of aryl methyl sites for hydroxylation is 1. The topological polar surface area (TPSA) is 93.8 Å². The van der Waals surface area contributed by atoms with Gasteiger partial charge in [-0.15, -0.1) is 0 Å². The van der Waals surface area contributed by atoms with E-state index in [2.05, 4.69) is 20.3 Å². The number of pyridine rings is 1. The number of imidazole rings is 1. The van der Waals surface area contributed by atoms with Crippen LogP contribution < -0.4 is 10.9 Å². The Kier molecular flexibility index (Phi) is 5.70. The summed E-state index contributed by atoms with van der Waals surface area (Å²) in [7, 11) is 0. The SMILES string of the molecule is Cc1nc(-c2c(NC[C@@H](O)c3cccc(Cl)c3)cc[nH]c2=O)[nH]c1-c1ccccc1. The summed E-state index contributed by atoms with van der Waals surface area (Å²) >= 11 is 6.01. The molecule has 0 bridgehead atoms. The number of rotatable bonds is 6. The maximum Gasteiger partial charge on any atom is 0.261 e. The lowest BCUT2D eigenvalue weighted by molar-refractivity contribution is 0.191. The van der Waals surface area contributed by atoms with Gasteiger partial charge in [0.1, 0.15) is 11.4 Å². The lowest BCUT2D eigenvalue weighted by atomic mass is 10.1. The molecular formula is C23H21ClN4O2. The zero-order chi connectivity index (χ0) is 21.1. The molecule has 7 heteroatoms. The van der Waals surface area contributed by atoms with E-state index in [1.54, 1.807) is 36.5 Å². The van der Waals surface area contributed by atoms with Gasteiger partial charge in [-0.05, 0) is 36.2 Å². The fraction of sp³-hybridized carbons (Fsp3) is 0.130. The molecule has 0 aliphatic rings. The van der Waals surface area contributed by atoms with Crippen molar-refractivity contribution in [3.05, 3.63) is 93.5 Å². The molecule has 0 saturated carbocycles. The van der Waals surface area contributed by atoms with Gasteiger partial charge in [-0.1, -0.05) is 54.1 Å². The Balaban J connectivity index is 1.64. The average molecular weight is 421 g/mol. The molecule has 0 radical (unpaired) electrons. The van der Waals surface area contributed by atoms with Crippen LogP contribution in [0.2, 0.25) is 5.02 Å². The summed E-state index contributed by atoms with van der Waals surface area (Å²) in [6.45, 7) is 2.11. The predicted molar refractivity (Wildman–Crippen MR) is 120 cm³/mol. The van der Waals surface area contributed by atoms with Gasteiger partial charge in [0, 0.05) is 17.8 Å². The summed E-state index contributed by atoms with van der Waals surface area (Å²) in [6.07, 6.45) is 0.780. The van der Waals surface area contributed by atoms with Gasteiger partial charge in [0.05, 0.1) is 23.2 Å². The van der Waals surface area contributed by atoms with E-state index in [9.17, 15) is 9.90 Å². The standard InChI is InChI=1S/C23H21ClN4O2/c1-14-21(15-6-3-2-4-7-15)28-22(27-14)20-18(10-11-25-23(20)30)26-13-19(29)16-8-5-9-17(24)12-16/h2-12,19,29H,13H2,1H3,(H,27,28)(H2,25,26,30)/t19-/m1/s1. The van der Waals surface area contributed by atoms with E-state index in [1.807, 2.05) is 37.3 Å². The third kappa shape index (κ3) is 4.15. The molecular weight excluding hydrogens is 400 g/mol. The molecule has 6 nitrogen and oxygen atoms in total. The molecule has 1 atom stereocenters. The smallest absolute Gasteiger partial charge is 0.261 e. The summed E-state index contributed by atoms with van der Waals surface area (Å²) < 4.78 is 0. The molecule has 152 valence electrons. The van der Waals surface area contributed by atoms with Crippen molar-refractivity contribution in [2.24, 2.45) is 0 Å². The van der Waals surface area contributed by atoms with Crippen LogP contribution in [0.1, 0.15) is 17.4 Å². The number of H-pyrrole nitrogens is 2. The van der Waals surface area contributed by atoms with Gasteiger partial charge in [0.2, 0.25) is 0 Å². The second-order valence-corrected chi connectivity index (χ2v) is 7.40. The molecule has 2 heterocycles. The van der Waals surface area contributed by atoms with Crippen LogP contribution in [0.15, 0.2) is 71.7 Å². The van der Waals surface area contributed by atoms with Crippen LogP contribution in [0.25, 0.3) is 22.6 Å². The number of aromatic amines is 2. The summed E-state index contributed by atoms with van der Waals surface area (Å²) in [4.78, 5) is 23.2. The number of halogens is 1. The van der Waals surface area contributed by atoms with Gasteiger partial charge in [0.25, 0.3) is 5.56 Å². The van der Waals surface area contributed by atoms with Gasteiger partial charge < -0.3 is 20.4 Å². The monoisotopic (exact) mass is 420 g/mol. The number of nitrogens with one attached hydrogen (secondary N) is 3. The van der Waals surface area contributed by atoms with E-state index in [0.717, 1.165) is 17.0 Å². The number of nitrogens with zero attached hydrogens (tertiary/aromatic N) is 1. The largest absolute Gasteiger partial charge is 0.387 e. The van der Waals surface area contributed by atoms with E-state index >= 15 is 0 Å². The van der Waals surface area contributed by atoms with Crippen LogP contribution in [0, 0.1) is 6.92 Å². The maximum absolute atomic E-state index is 12.6. The summed E-state index contributed by atoms with van der Waals surface area (Å²) in [5.41, 5.74) is 4.04. The van der Waals surface area contributed by atoms with Gasteiger partial charge in [0.15, 0.2) is 0 Å². The molecule has 2 aromatic heterocycles.